The normalized spacial score (nSPS) is 18.1. The van der Waals surface area contributed by atoms with E-state index in [0.717, 1.165) is 26.2 Å². The van der Waals surface area contributed by atoms with Gasteiger partial charge in [0.1, 0.15) is 0 Å². The lowest BCUT2D eigenvalue weighted by Gasteiger charge is -2.33. The topological polar surface area (TPSA) is 15.3 Å². The Morgan fingerprint density at radius 3 is 2.19 bits per heavy atom. The predicted octanol–water partition coefficient (Wildman–Crippen LogP) is 2.50. The number of piperazine rings is 1. The van der Waals surface area contributed by atoms with E-state index in [4.69, 9.17) is 0 Å². The first-order valence-corrected chi connectivity index (χ1v) is 5.37. The molecule has 1 heterocycles. The van der Waals surface area contributed by atoms with E-state index in [1.54, 1.807) is 0 Å². The molecule has 0 spiro atoms. The maximum Gasteiger partial charge on any atom is 0.0320 e. The zero-order valence-corrected chi connectivity index (χ0v) is 11.2. The highest BCUT2D eigenvalue weighted by molar-refractivity contribution is 5.85. The van der Waals surface area contributed by atoms with Crippen molar-refractivity contribution < 1.29 is 0 Å². The van der Waals surface area contributed by atoms with Crippen molar-refractivity contribution in [3.63, 3.8) is 0 Å². The van der Waals surface area contributed by atoms with Crippen LogP contribution in [0.2, 0.25) is 0 Å². The van der Waals surface area contributed by atoms with Gasteiger partial charge in [0.05, 0.1) is 0 Å². The Morgan fingerprint density at radius 1 is 1.06 bits per heavy atom. The van der Waals surface area contributed by atoms with Gasteiger partial charge in [-0.05, 0) is 12.5 Å². The summed E-state index contributed by atoms with van der Waals surface area (Å²) in [4.78, 5) is 2.53. The zero-order valence-electron chi connectivity index (χ0n) is 9.56. The Hall–Kier alpha value is -0.280. The second kappa shape index (κ2) is 7.91. The highest BCUT2D eigenvalue weighted by Gasteiger charge is 2.16. The highest BCUT2D eigenvalue weighted by atomic mass is 35.5. The van der Waals surface area contributed by atoms with E-state index in [1.807, 2.05) is 0 Å². The molecule has 2 rings (SSSR count). The molecule has 1 aromatic rings. The first-order valence-electron chi connectivity index (χ1n) is 5.37. The number of halogens is 2. The maximum absolute atomic E-state index is 3.38. The summed E-state index contributed by atoms with van der Waals surface area (Å²) in [6.45, 7) is 6.86. The summed E-state index contributed by atoms with van der Waals surface area (Å²) < 4.78 is 0. The SMILES string of the molecule is C[C@@H](c1ccccc1)N1CCNCC1.Cl.Cl. The van der Waals surface area contributed by atoms with Crippen molar-refractivity contribution in [3.05, 3.63) is 35.9 Å². The van der Waals surface area contributed by atoms with Gasteiger partial charge in [-0.3, -0.25) is 4.90 Å². The van der Waals surface area contributed by atoms with Crippen LogP contribution >= 0.6 is 24.8 Å². The average molecular weight is 263 g/mol. The number of hydrogen-bond acceptors (Lipinski definition) is 2. The average Bonchev–Trinajstić information content (AvgIpc) is 2.30. The van der Waals surface area contributed by atoms with Crippen LogP contribution in [0.3, 0.4) is 0 Å². The molecule has 0 bridgehead atoms. The molecule has 1 aliphatic rings. The number of nitrogens with one attached hydrogen (secondary N) is 1. The second-order valence-corrected chi connectivity index (χ2v) is 3.87. The van der Waals surface area contributed by atoms with E-state index < -0.39 is 0 Å². The van der Waals surface area contributed by atoms with Crippen molar-refractivity contribution in [1.29, 1.82) is 0 Å². The fourth-order valence-corrected chi connectivity index (χ4v) is 2.01. The standard InChI is InChI=1S/C12H18N2.2ClH/c1-11(12-5-3-2-4-6-12)14-9-7-13-8-10-14;;/h2-6,11,13H,7-10H2,1H3;2*1H/t11-;;/m0../s1. The van der Waals surface area contributed by atoms with E-state index in [0.29, 0.717) is 6.04 Å². The van der Waals surface area contributed by atoms with E-state index in [1.165, 1.54) is 5.56 Å². The van der Waals surface area contributed by atoms with Crippen molar-refractivity contribution in [3.8, 4) is 0 Å². The van der Waals surface area contributed by atoms with Crippen molar-refractivity contribution in [2.75, 3.05) is 26.2 Å². The Bertz CT molecular complexity index is 274. The largest absolute Gasteiger partial charge is 0.314 e. The van der Waals surface area contributed by atoms with Crippen LogP contribution in [0.25, 0.3) is 0 Å². The zero-order chi connectivity index (χ0) is 9.80. The predicted molar refractivity (Wildman–Crippen MR) is 73.8 cm³/mol. The molecule has 1 aliphatic heterocycles. The first kappa shape index (κ1) is 15.7. The molecule has 0 radical (unpaired) electrons. The molecular formula is C12H20Cl2N2. The molecule has 1 N–H and O–H groups in total. The van der Waals surface area contributed by atoms with Crippen LogP contribution in [0, 0.1) is 0 Å². The third kappa shape index (κ3) is 3.95. The quantitative estimate of drug-likeness (QED) is 0.882. The van der Waals surface area contributed by atoms with E-state index in [9.17, 15) is 0 Å². The van der Waals surface area contributed by atoms with Crippen molar-refractivity contribution >= 4 is 24.8 Å². The molecular weight excluding hydrogens is 243 g/mol. The molecule has 1 atom stereocenters. The minimum absolute atomic E-state index is 0. The lowest BCUT2D eigenvalue weighted by atomic mass is 10.1. The Balaban J connectivity index is 0.00000112. The van der Waals surface area contributed by atoms with Crippen LogP contribution in [-0.2, 0) is 0 Å². The summed E-state index contributed by atoms with van der Waals surface area (Å²) in [6.07, 6.45) is 0. The molecule has 1 aromatic carbocycles. The van der Waals surface area contributed by atoms with Crippen LogP contribution in [0.5, 0.6) is 0 Å². The molecule has 4 heteroatoms. The fraction of sp³-hybridized carbons (Fsp3) is 0.500. The van der Waals surface area contributed by atoms with Gasteiger partial charge in [0.25, 0.3) is 0 Å². The van der Waals surface area contributed by atoms with Crippen LogP contribution in [0.4, 0.5) is 0 Å². The number of benzene rings is 1. The van der Waals surface area contributed by atoms with Gasteiger partial charge in [-0.15, -0.1) is 24.8 Å². The van der Waals surface area contributed by atoms with Gasteiger partial charge in [-0.25, -0.2) is 0 Å². The van der Waals surface area contributed by atoms with Crippen molar-refractivity contribution in [2.24, 2.45) is 0 Å². The Kier molecular flexibility index (Phi) is 7.77. The molecule has 92 valence electrons. The number of nitrogens with zero attached hydrogens (tertiary/aromatic N) is 1. The van der Waals surface area contributed by atoms with Gasteiger partial charge in [-0.1, -0.05) is 30.3 Å². The first-order chi connectivity index (χ1) is 6.88. The second-order valence-electron chi connectivity index (χ2n) is 3.87. The minimum Gasteiger partial charge on any atom is -0.314 e. The molecule has 16 heavy (non-hydrogen) atoms. The molecule has 0 aliphatic carbocycles. The maximum atomic E-state index is 3.38. The minimum atomic E-state index is 0. The molecule has 0 unspecified atom stereocenters. The highest BCUT2D eigenvalue weighted by Crippen LogP contribution is 2.19. The fourth-order valence-electron chi connectivity index (χ4n) is 2.01. The van der Waals surface area contributed by atoms with E-state index >= 15 is 0 Å². The molecule has 2 nitrogen and oxygen atoms in total. The van der Waals surface area contributed by atoms with E-state index in [2.05, 4.69) is 47.5 Å². The van der Waals surface area contributed by atoms with Crippen molar-refractivity contribution in [1.82, 2.24) is 10.2 Å². The van der Waals surface area contributed by atoms with Crippen LogP contribution < -0.4 is 5.32 Å². The summed E-state index contributed by atoms with van der Waals surface area (Å²) in [6, 6.07) is 11.3. The molecule has 0 amide bonds. The molecule has 1 fully saturated rings. The summed E-state index contributed by atoms with van der Waals surface area (Å²) in [5.74, 6) is 0. The van der Waals surface area contributed by atoms with Gasteiger partial charge in [0, 0.05) is 32.2 Å². The van der Waals surface area contributed by atoms with E-state index in [-0.39, 0.29) is 24.8 Å². The third-order valence-electron chi connectivity index (χ3n) is 2.98. The summed E-state index contributed by atoms with van der Waals surface area (Å²) in [5, 5.41) is 3.38. The lowest BCUT2D eigenvalue weighted by molar-refractivity contribution is 0.185. The van der Waals surface area contributed by atoms with Crippen molar-refractivity contribution in [2.45, 2.75) is 13.0 Å². The van der Waals surface area contributed by atoms with Crippen LogP contribution in [-0.4, -0.2) is 31.1 Å². The van der Waals surface area contributed by atoms with Crippen LogP contribution in [0.15, 0.2) is 30.3 Å². The summed E-state index contributed by atoms with van der Waals surface area (Å²) in [7, 11) is 0. The number of rotatable bonds is 2. The molecule has 0 aromatic heterocycles. The smallest absolute Gasteiger partial charge is 0.0320 e. The van der Waals surface area contributed by atoms with Gasteiger partial charge < -0.3 is 5.32 Å². The Morgan fingerprint density at radius 2 is 1.62 bits per heavy atom. The number of hydrogen-bond donors (Lipinski definition) is 1. The Labute approximate surface area is 110 Å². The third-order valence-corrected chi connectivity index (χ3v) is 2.98. The molecule has 1 saturated heterocycles. The lowest BCUT2D eigenvalue weighted by Crippen LogP contribution is -2.44. The summed E-state index contributed by atoms with van der Waals surface area (Å²) >= 11 is 0. The summed E-state index contributed by atoms with van der Waals surface area (Å²) in [5.41, 5.74) is 1.43. The molecule has 0 saturated carbocycles. The van der Waals surface area contributed by atoms with Gasteiger partial charge in [0.2, 0.25) is 0 Å². The van der Waals surface area contributed by atoms with Gasteiger partial charge in [0.15, 0.2) is 0 Å². The van der Waals surface area contributed by atoms with Gasteiger partial charge in [-0.2, -0.15) is 0 Å². The van der Waals surface area contributed by atoms with Crippen LogP contribution in [0.1, 0.15) is 18.5 Å². The monoisotopic (exact) mass is 262 g/mol. The van der Waals surface area contributed by atoms with Gasteiger partial charge >= 0.3 is 0 Å².